The molecule has 2 nitrogen and oxygen atoms in total. The van der Waals surface area contributed by atoms with E-state index >= 15 is 0 Å². The first-order chi connectivity index (χ1) is 5.77. The van der Waals surface area contributed by atoms with Crippen LogP contribution < -0.4 is 11.1 Å². The van der Waals surface area contributed by atoms with Crippen molar-refractivity contribution >= 4 is 0 Å². The molecular weight excluding hydrogens is 162 g/mol. The van der Waals surface area contributed by atoms with Gasteiger partial charge in [0, 0.05) is 0 Å². The molecule has 4 heteroatoms. The van der Waals surface area contributed by atoms with Gasteiger partial charge in [-0.3, -0.25) is 0 Å². The molecular formula is C8H18F2N2. The monoisotopic (exact) mass is 180 g/mol. The van der Waals surface area contributed by atoms with Crippen molar-refractivity contribution in [2.24, 2.45) is 5.73 Å². The van der Waals surface area contributed by atoms with Crippen molar-refractivity contribution in [3.8, 4) is 0 Å². The van der Waals surface area contributed by atoms with Crippen LogP contribution >= 0.6 is 0 Å². The van der Waals surface area contributed by atoms with Gasteiger partial charge < -0.3 is 11.1 Å². The van der Waals surface area contributed by atoms with E-state index in [0.717, 1.165) is 32.2 Å². The largest absolute Gasteiger partial charge is 0.330 e. The number of hydrogen-bond acceptors (Lipinski definition) is 2. The van der Waals surface area contributed by atoms with E-state index in [-0.39, 0.29) is 6.54 Å². The van der Waals surface area contributed by atoms with E-state index in [2.05, 4.69) is 5.32 Å². The molecule has 0 heterocycles. The van der Waals surface area contributed by atoms with Gasteiger partial charge in [-0.15, -0.1) is 0 Å². The van der Waals surface area contributed by atoms with E-state index in [1.165, 1.54) is 0 Å². The van der Waals surface area contributed by atoms with E-state index < -0.39 is 6.43 Å². The Morgan fingerprint density at radius 3 is 2.33 bits per heavy atom. The van der Waals surface area contributed by atoms with E-state index in [0.29, 0.717) is 6.54 Å². The fraction of sp³-hybridized carbons (Fsp3) is 1.00. The lowest BCUT2D eigenvalue weighted by molar-refractivity contribution is 0.146. The predicted molar refractivity (Wildman–Crippen MR) is 46.4 cm³/mol. The molecule has 0 saturated carbocycles. The summed E-state index contributed by atoms with van der Waals surface area (Å²) in [5, 5.41) is 2.68. The first-order valence-electron chi connectivity index (χ1n) is 4.46. The minimum atomic E-state index is -2.23. The van der Waals surface area contributed by atoms with Gasteiger partial charge in [0.15, 0.2) is 0 Å². The Balaban J connectivity index is 2.82. The lowest BCUT2D eigenvalue weighted by Gasteiger charge is -2.02. The Kier molecular flexibility index (Phi) is 8.71. The third kappa shape index (κ3) is 9.78. The second-order valence-electron chi connectivity index (χ2n) is 2.80. The topological polar surface area (TPSA) is 38.0 Å². The van der Waals surface area contributed by atoms with Gasteiger partial charge in [-0.1, -0.05) is 12.8 Å². The van der Waals surface area contributed by atoms with Crippen LogP contribution in [0.15, 0.2) is 0 Å². The summed E-state index contributed by atoms with van der Waals surface area (Å²) in [6, 6.07) is 0. The zero-order valence-corrected chi connectivity index (χ0v) is 7.36. The number of nitrogens with one attached hydrogen (secondary N) is 1. The minimum absolute atomic E-state index is 0.184. The lowest BCUT2D eigenvalue weighted by Crippen LogP contribution is -2.22. The van der Waals surface area contributed by atoms with E-state index in [1.807, 2.05) is 0 Å². The molecule has 0 amide bonds. The van der Waals surface area contributed by atoms with E-state index in [9.17, 15) is 8.78 Å². The second-order valence-corrected chi connectivity index (χ2v) is 2.80. The van der Waals surface area contributed by atoms with Crippen molar-refractivity contribution in [2.75, 3.05) is 19.6 Å². The summed E-state index contributed by atoms with van der Waals surface area (Å²) in [6.45, 7) is 1.23. The summed E-state index contributed by atoms with van der Waals surface area (Å²) in [5.41, 5.74) is 5.29. The molecule has 0 rings (SSSR count). The fourth-order valence-electron chi connectivity index (χ4n) is 0.959. The van der Waals surface area contributed by atoms with Gasteiger partial charge in [0.1, 0.15) is 0 Å². The SMILES string of the molecule is NCCCCCCNCC(F)F. The molecule has 0 aromatic heterocycles. The van der Waals surface area contributed by atoms with Crippen LogP contribution in [0.2, 0.25) is 0 Å². The summed E-state index contributed by atoms with van der Waals surface area (Å²) in [6.07, 6.45) is 1.95. The number of alkyl halides is 2. The normalized spacial score (nSPS) is 11.0. The highest BCUT2D eigenvalue weighted by atomic mass is 19.3. The molecule has 0 unspecified atom stereocenters. The van der Waals surface area contributed by atoms with Crippen LogP contribution in [0.25, 0.3) is 0 Å². The molecule has 0 aromatic rings. The maximum Gasteiger partial charge on any atom is 0.250 e. The zero-order chi connectivity index (χ0) is 9.23. The number of halogens is 2. The van der Waals surface area contributed by atoms with Gasteiger partial charge in [-0.05, 0) is 25.9 Å². The molecule has 3 N–H and O–H groups in total. The summed E-state index contributed by atoms with van der Waals surface area (Å²) in [5.74, 6) is 0. The van der Waals surface area contributed by atoms with Crippen LogP contribution in [0.4, 0.5) is 8.78 Å². The summed E-state index contributed by atoms with van der Waals surface area (Å²) in [7, 11) is 0. The maximum atomic E-state index is 11.6. The van der Waals surface area contributed by atoms with E-state index in [1.54, 1.807) is 0 Å². The van der Waals surface area contributed by atoms with Gasteiger partial charge >= 0.3 is 0 Å². The fourth-order valence-corrected chi connectivity index (χ4v) is 0.959. The standard InChI is InChI=1S/C8H18F2N2/c9-8(10)7-12-6-4-2-1-3-5-11/h8,12H,1-7,11H2. The van der Waals surface area contributed by atoms with Crippen LogP contribution in [-0.2, 0) is 0 Å². The van der Waals surface area contributed by atoms with Crippen LogP contribution in [0.1, 0.15) is 25.7 Å². The Morgan fingerprint density at radius 1 is 1.08 bits per heavy atom. The van der Waals surface area contributed by atoms with Gasteiger partial charge in [-0.2, -0.15) is 0 Å². The molecule has 0 aliphatic rings. The second kappa shape index (κ2) is 8.87. The Labute approximate surface area is 72.5 Å². The molecule has 0 fully saturated rings. The number of hydrogen-bond donors (Lipinski definition) is 2. The first kappa shape index (κ1) is 11.8. The number of unbranched alkanes of at least 4 members (excludes halogenated alkanes) is 3. The predicted octanol–water partition coefficient (Wildman–Crippen LogP) is 1.36. The highest BCUT2D eigenvalue weighted by Gasteiger charge is 1.99. The molecule has 0 radical (unpaired) electrons. The highest BCUT2D eigenvalue weighted by Crippen LogP contribution is 1.97. The quantitative estimate of drug-likeness (QED) is 0.553. The average molecular weight is 180 g/mol. The Bertz CT molecular complexity index is 89.1. The van der Waals surface area contributed by atoms with Gasteiger partial charge in [-0.25, -0.2) is 8.78 Å². The van der Waals surface area contributed by atoms with Crippen molar-refractivity contribution < 1.29 is 8.78 Å². The van der Waals surface area contributed by atoms with Crippen molar-refractivity contribution in [3.05, 3.63) is 0 Å². The summed E-state index contributed by atoms with van der Waals surface area (Å²) < 4.78 is 23.2. The van der Waals surface area contributed by atoms with Crippen molar-refractivity contribution in [1.29, 1.82) is 0 Å². The molecule has 0 bridgehead atoms. The Hall–Kier alpha value is -0.220. The van der Waals surface area contributed by atoms with Gasteiger partial charge in [0.2, 0.25) is 0 Å². The third-order valence-electron chi connectivity index (χ3n) is 1.61. The van der Waals surface area contributed by atoms with Crippen LogP contribution in [-0.4, -0.2) is 26.1 Å². The third-order valence-corrected chi connectivity index (χ3v) is 1.61. The van der Waals surface area contributed by atoms with Crippen LogP contribution in [0.5, 0.6) is 0 Å². The van der Waals surface area contributed by atoms with Crippen molar-refractivity contribution in [1.82, 2.24) is 5.32 Å². The summed E-state index contributed by atoms with van der Waals surface area (Å²) >= 11 is 0. The van der Waals surface area contributed by atoms with Gasteiger partial charge in [0.25, 0.3) is 6.43 Å². The highest BCUT2D eigenvalue weighted by molar-refractivity contribution is 4.50. The first-order valence-corrected chi connectivity index (χ1v) is 4.46. The molecule has 0 spiro atoms. The lowest BCUT2D eigenvalue weighted by atomic mass is 10.2. The van der Waals surface area contributed by atoms with E-state index in [4.69, 9.17) is 5.73 Å². The number of nitrogens with two attached hydrogens (primary N) is 1. The molecule has 12 heavy (non-hydrogen) atoms. The molecule has 74 valence electrons. The van der Waals surface area contributed by atoms with Crippen molar-refractivity contribution in [3.63, 3.8) is 0 Å². The van der Waals surface area contributed by atoms with Crippen molar-refractivity contribution in [2.45, 2.75) is 32.1 Å². The Morgan fingerprint density at radius 2 is 1.75 bits per heavy atom. The van der Waals surface area contributed by atoms with Crippen LogP contribution in [0.3, 0.4) is 0 Å². The number of rotatable bonds is 8. The van der Waals surface area contributed by atoms with Crippen LogP contribution in [0, 0.1) is 0 Å². The summed E-state index contributed by atoms with van der Waals surface area (Å²) in [4.78, 5) is 0. The molecule has 0 aromatic carbocycles. The molecule has 0 atom stereocenters. The molecule has 0 saturated heterocycles. The molecule has 0 aliphatic carbocycles. The maximum absolute atomic E-state index is 11.6. The smallest absolute Gasteiger partial charge is 0.250 e. The zero-order valence-electron chi connectivity index (χ0n) is 7.36. The molecule has 0 aliphatic heterocycles. The minimum Gasteiger partial charge on any atom is -0.330 e. The average Bonchev–Trinajstić information content (AvgIpc) is 2.02. The van der Waals surface area contributed by atoms with Gasteiger partial charge in [0.05, 0.1) is 6.54 Å².